The number of pyridine rings is 1. The number of hydrogen-bond acceptors (Lipinski definition) is 5. The van der Waals surface area contributed by atoms with E-state index in [0.29, 0.717) is 10.8 Å². The quantitative estimate of drug-likeness (QED) is 0.613. The lowest BCUT2D eigenvalue weighted by Crippen LogP contribution is -2.20. The first-order chi connectivity index (χ1) is 12.4. The third-order valence-corrected chi connectivity index (χ3v) is 4.38. The van der Waals surface area contributed by atoms with Gasteiger partial charge in [0.25, 0.3) is 0 Å². The van der Waals surface area contributed by atoms with Crippen LogP contribution < -0.4 is 21.8 Å². The third-order valence-electron chi connectivity index (χ3n) is 4.12. The summed E-state index contributed by atoms with van der Waals surface area (Å²) in [6, 6.07) is 15.9. The Kier molecular flexibility index (Phi) is 4.99. The van der Waals surface area contributed by atoms with Gasteiger partial charge >= 0.3 is 0 Å². The largest absolute Gasteiger partial charge is 0.503 e. The molecule has 0 saturated carbocycles. The monoisotopic (exact) mass is 370 g/mol. The van der Waals surface area contributed by atoms with Gasteiger partial charge in [0.15, 0.2) is 5.75 Å². The van der Waals surface area contributed by atoms with Crippen molar-refractivity contribution in [2.45, 2.75) is 6.17 Å². The van der Waals surface area contributed by atoms with Crippen molar-refractivity contribution in [3.8, 4) is 11.4 Å². The molecule has 0 aliphatic rings. The van der Waals surface area contributed by atoms with Crippen molar-refractivity contribution in [2.24, 2.45) is 11.5 Å². The van der Waals surface area contributed by atoms with E-state index in [2.05, 4.69) is 0 Å². The van der Waals surface area contributed by atoms with Crippen molar-refractivity contribution >= 4 is 23.1 Å². The smallest absolute Gasteiger partial charge is 0.225 e. The molecule has 1 heterocycles. The van der Waals surface area contributed by atoms with Gasteiger partial charge in [-0.2, -0.15) is 0 Å². The number of aromatic nitrogens is 1. The molecule has 6 nitrogen and oxygen atoms in total. The first-order valence-electron chi connectivity index (χ1n) is 7.93. The number of nitrogens with zero attached hydrogens (tertiary/aromatic N) is 2. The summed E-state index contributed by atoms with van der Waals surface area (Å²) in [7, 11) is 1.83. The van der Waals surface area contributed by atoms with Crippen LogP contribution >= 0.6 is 11.6 Å². The van der Waals surface area contributed by atoms with Gasteiger partial charge in [0, 0.05) is 29.5 Å². The fourth-order valence-corrected chi connectivity index (χ4v) is 2.76. The van der Waals surface area contributed by atoms with Gasteiger partial charge in [-0.15, -0.1) is 0 Å². The number of benzene rings is 2. The number of nitrogens with two attached hydrogens (primary N) is 2. The summed E-state index contributed by atoms with van der Waals surface area (Å²) in [5.41, 5.74) is 13.3. The Morgan fingerprint density at radius 2 is 1.69 bits per heavy atom. The summed E-state index contributed by atoms with van der Waals surface area (Å²) >= 11 is 5.95. The molecule has 0 bridgehead atoms. The second kappa shape index (κ2) is 7.21. The number of halogens is 1. The Hall–Kier alpha value is -2.80. The molecule has 7 heteroatoms. The number of anilines is 2. The van der Waals surface area contributed by atoms with Gasteiger partial charge in [0.05, 0.1) is 12.4 Å². The predicted molar refractivity (Wildman–Crippen MR) is 104 cm³/mol. The van der Waals surface area contributed by atoms with Crippen LogP contribution in [0.1, 0.15) is 11.7 Å². The number of rotatable bonds is 4. The minimum absolute atomic E-state index is 0.335. The van der Waals surface area contributed by atoms with E-state index in [1.54, 1.807) is 28.8 Å². The molecule has 3 aromatic rings. The molecular weight excluding hydrogens is 352 g/mol. The summed E-state index contributed by atoms with van der Waals surface area (Å²) < 4.78 is 1.72. The zero-order valence-corrected chi connectivity index (χ0v) is 14.9. The van der Waals surface area contributed by atoms with Crippen LogP contribution in [0.25, 0.3) is 5.69 Å². The van der Waals surface area contributed by atoms with Crippen LogP contribution in [0.2, 0.25) is 5.02 Å². The van der Waals surface area contributed by atoms with E-state index in [1.807, 2.05) is 36.2 Å². The topological polar surface area (TPSA) is 97.5 Å². The minimum Gasteiger partial charge on any atom is -0.503 e. The Labute approximate surface area is 155 Å². The highest BCUT2D eigenvalue weighted by atomic mass is 35.5. The lowest BCUT2D eigenvalue weighted by Gasteiger charge is -2.24. The Bertz CT molecular complexity index is 966. The lowest BCUT2D eigenvalue weighted by atomic mass is 10.1. The fraction of sp³-hybridized carbons (Fsp3) is 0.105. The van der Waals surface area contributed by atoms with Crippen LogP contribution in [0.15, 0.2) is 65.6 Å². The molecule has 0 spiro atoms. The molecule has 0 unspecified atom stereocenters. The molecular formula is C19H19ClN4O2. The predicted octanol–water partition coefficient (Wildman–Crippen LogP) is 2.88. The molecule has 2 aromatic carbocycles. The molecule has 3 rings (SSSR count). The average molecular weight is 371 g/mol. The average Bonchev–Trinajstić information content (AvgIpc) is 2.63. The molecule has 0 radical (unpaired) electrons. The maximum atomic E-state index is 12.0. The highest BCUT2D eigenvalue weighted by molar-refractivity contribution is 6.30. The molecule has 0 aliphatic heterocycles. The molecule has 0 atom stereocenters. The van der Waals surface area contributed by atoms with Gasteiger partial charge < -0.3 is 21.5 Å². The second-order valence-corrected chi connectivity index (χ2v) is 6.34. The van der Waals surface area contributed by atoms with Gasteiger partial charge in [-0.25, -0.2) is 0 Å². The van der Waals surface area contributed by atoms with Crippen molar-refractivity contribution in [3.63, 3.8) is 0 Å². The van der Waals surface area contributed by atoms with E-state index in [1.165, 1.54) is 12.3 Å². The molecule has 0 amide bonds. The highest BCUT2D eigenvalue weighted by Gasteiger charge is 2.13. The third kappa shape index (κ3) is 3.57. The fourth-order valence-electron chi connectivity index (χ4n) is 2.63. The van der Waals surface area contributed by atoms with Crippen molar-refractivity contribution < 1.29 is 5.11 Å². The Morgan fingerprint density at radius 3 is 2.27 bits per heavy atom. The van der Waals surface area contributed by atoms with E-state index in [0.717, 1.165) is 16.9 Å². The van der Waals surface area contributed by atoms with Crippen molar-refractivity contribution in [3.05, 3.63) is 81.6 Å². The minimum atomic E-state index is -0.567. The van der Waals surface area contributed by atoms with Gasteiger partial charge in [-0.05, 0) is 42.0 Å². The summed E-state index contributed by atoms with van der Waals surface area (Å²) in [6.45, 7) is 0. The highest BCUT2D eigenvalue weighted by Crippen LogP contribution is 2.27. The van der Waals surface area contributed by atoms with Gasteiger partial charge in [-0.1, -0.05) is 23.7 Å². The van der Waals surface area contributed by atoms with Crippen LogP contribution in [0.3, 0.4) is 0 Å². The van der Waals surface area contributed by atoms with Crippen LogP contribution in [-0.2, 0) is 0 Å². The van der Waals surface area contributed by atoms with Crippen LogP contribution in [0.5, 0.6) is 5.75 Å². The van der Waals surface area contributed by atoms with Crippen molar-refractivity contribution in [1.82, 2.24) is 4.57 Å². The summed E-state index contributed by atoms with van der Waals surface area (Å²) in [5, 5.41) is 10.5. The van der Waals surface area contributed by atoms with Crippen molar-refractivity contribution in [2.75, 3.05) is 11.9 Å². The van der Waals surface area contributed by atoms with Crippen LogP contribution in [0.4, 0.5) is 11.5 Å². The SMILES string of the molecule is CN(c1ccc(Cl)cc1)c1cc(=O)c(O)cn1-c1ccc(C(N)N)cc1. The summed E-state index contributed by atoms with van der Waals surface area (Å²) in [6.07, 6.45) is 0.823. The van der Waals surface area contributed by atoms with Crippen LogP contribution in [0, 0.1) is 0 Å². The van der Waals surface area contributed by atoms with Crippen molar-refractivity contribution in [1.29, 1.82) is 0 Å². The van der Waals surface area contributed by atoms with Gasteiger partial charge in [-0.3, -0.25) is 9.36 Å². The second-order valence-electron chi connectivity index (χ2n) is 5.90. The Balaban J connectivity index is 2.11. The van der Waals surface area contributed by atoms with E-state index in [9.17, 15) is 9.90 Å². The standard InChI is InChI=1S/C19H19ClN4O2/c1-23(14-8-4-13(20)5-9-14)18-10-16(25)17(26)11-24(18)15-6-2-12(3-7-15)19(21)22/h2-11,19,26H,21-22H2,1H3. The zero-order chi connectivity index (χ0) is 18.8. The van der Waals surface area contributed by atoms with Gasteiger partial charge in [0.1, 0.15) is 5.82 Å². The molecule has 0 saturated heterocycles. The number of aromatic hydroxyl groups is 1. The summed E-state index contributed by atoms with van der Waals surface area (Å²) in [5.74, 6) is 0.248. The van der Waals surface area contributed by atoms with E-state index in [-0.39, 0.29) is 5.75 Å². The lowest BCUT2D eigenvalue weighted by molar-refractivity contribution is 0.465. The van der Waals surface area contributed by atoms with E-state index in [4.69, 9.17) is 23.1 Å². The normalized spacial score (nSPS) is 11.0. The first-order valence-corrected chi connectivity index (χ1v) is 8.31. The first kappa shape index (κ1) is 18.0. The Morgan fingerprint density at radius 1 is 1.08 bits per heavy atom. The molecule has 1 aromatic heterocycles. The van der Waals surface area contributed by atoms with E-state index < -0.39 is 11.6 Å². The molecule has 0 fully saturated rings. The van der Waals surface area contributed by atoms with E-state index >= 15 is 0 Å². The molecule has 134 valence electrons. The number of hydrogen-bond donors (Lipinski definition) is 3. The maximum Gasteiger partial charge on any atom is 0.225 e. The molecule has 26 heavy (non-hydrogen) atoms. The van der Waals surface area contributed by atoms with Gasteiger partial charge in [0.2, 0.25) is 5.43 Å². The maximum absolute atomic E-state index is 12.0. The summed E-state index contributed by atoms with van der Waals surface area (Å²) in [4.78, 5) is 13.8. The van der Waals surface area contributed by atoms with Crippen LogP contribution in [-0.4, -0.2) is 16.7 Å². The molecule has 5 N–H and O–H groups in total. The molecule has 0 aliphatic carbocycles. The zero-order valence-electron chi connectivity index (χ0n) is 14.1.